The van der Waals surface area contributed by atoms with Gasteiger partial charge >= 0.3 is 5.69 Å². The lowest BCUT2D eigenvalue weighted by Gasteiger charge is -2.15. The number of hydrogen-bond acceptors (Lipinski definition) is 4. The van der Waals surface area contributed by atoms with E-state index in [0.717, 1.165) is 36.7 Å². The van der Waals surface area contributed by atoms with Crippen LogP contribution in [0.1, 0.15) is 57.2 Å². The van der Waals surface area contributed by atoms with Gasteiger partial charge in [-0.25, -0.2) is 9.36 Å². The van der Waals surface area contributed by atoms with Gasteiger partial charge in [0.25, 0.3) is 5.56 Å². The minimum Gasteiger partial charge on any atom is -0.352 e. The summed E-state index contributed by atoms with van der Waals surface area (Å²) in [6.07, 6.45) is 5.39. The average molecular weight is 332 g/mol. The maximum absolute atomic E-state index is 12.4. The van der Waals surface area contributed by atoms with E-state index in [9.17, 15) is 19.6 Å². The van der Waals surface area contributed by atoms with E-state index in [0.29, 0.717) is 18.7 Å². The normalized spacial score (nSPS) is 14.0. The summed E-state index contributed by atoms with van der Waals surface area (Å²) in [6, 6.07) is 1.88. The first-order chi connectivity index (χ1) is 11.5. The first-order valence-corrected chi connectivity index (χ1v) is 8.55. The Balaban J connectivity index is 2.16. The van der Waals surface area contributed by atoms with Crippen LogP contribution in [0.25, 0.3) is 0 Å². The van der Waals surface area contributed by atoms with Gasteiger partial charge in [-0.15, -0.1) is 0 Å². The number of hydrogen-bond donors (Lipinski definition) is 1. The molecular weight excluding hydrogens is 308 g/mol. The van der Waals surface area contributed by atoms with Crippen LogP contribution in [-0.2, 0) is 24.3 Å². The number of nitriles is 1. The van der Waals surface area contributed by atoms with Gasteiger partial charge in [0, 0.05) is 18.3 Å². The molecule has 0 saturated heterocycles. The highest BCUT2D eigenvalue weighted by Gasteiger charge is 2.23. The van der Waals surface area contributed by atoms with Crippen molar-refractivity contribution in [1.82, 2.24) is 14.5 Å². The summed E-state index contributed by atoms with van der Waals surface area (Å²) in [5.41, 5.74) is -0.683. The predicted octanol–water partition coefficient (Wildman–Crippen LogP) is 0.913. The van der Waals surface area contributed by atoms with Crippen molar-refractivity contribution in [3.05, 3.63) is 32.1 Å². The van der Waals surface area contributed by atoms with Gasteiger partial charge in [0.2, 0.25) is 5.91 Å². The van der Waals surface area contributed by atoms with Crippen LogP contribution in [-0.4, -0.2) is 21.1 Å². The van der Waals surface area contributed by atoms with E-state index in [-0.39, 0.29) is 24.1 Å². The Bertz CT molecular complexity index is 770. The molecule has 0 spiro atoms. The quantitative estimate of drug-likeness (QED) is 0.751. The van der Waals surface area contributed by atoms with Gasteiger partial charge in [-0.3, -0.25) is 14.2 Å². The van der Waals surface area contributed by atoms with Gasteiger partial charge < -0.3 is 5.32 Å². The molecule has 7 nitrogen and oxygen atoms in total. The lowest BCUT2D eigenvalue weighted by Crippen LogP contribution is -2.46. The summed E-state index contributed by atoms with van der Waals surface area (Å²) in [5, 5.41) is 12.0. The number of fused-ring (bicyclic) bond motifs is 1. The third-order valence-corrected chi connectivity index (χ3v) is 4.39. The van der Waals surface area contributed by atoms with Crippen LogP contribution >= 0.6 is 0 Å². The maximum Gasteiger partial charge on any atom is 0.331 e. The number of amides is 1. The Morgan fingerprint density at radius 1 is 1.38 bits per heavy atom. The molecule has 1 aliphatic rings. The van der Waals surface area contributed by atoms with Crippen molar-refractivity contribution in [2.75, 3.05) is 0 Å². The Kier molecular flexibility index (Phi) is 5.96. The fourth-order valence-corrected chi connectivity index (χ4v) is 3.13. The van der Waals surface area contributed by atoms with E-state index in [2.05, 4.69) is 12.2 Å². The number of nitrogens with one attached hydrogen (secondary N) is 1. The van der Waals surface area contributed by atoms with E-state index < -0.39 is 11.2 Å². The zero-order chi connectivity index (χ0) is 17.7. The van der Waals surface area contributed by atoms with Crippen molar-refractivity contribution in [2.24, 2.45) is 0 Å². The van der Waals surface area contributed by atoms with Crippen LogP contribution in [0.4, 0.5) is 0 Å². The fraction of sp³-hybridized carbons (Fsp3) is 0.647. The van der Waals surface area contributed by atoms with E-state index in [1.54, 1.807) is 0 Å². The summed E-state index contributed by atoms with van der Waals surface area (Å²) >= 11 is 0. The van der Waals surface area contributed by atoms with E-state index >= 15 is 0 Å². The minimum atomic E-state index is -0.663. The molecule has 1 atom stereocenters. The van der Waals surface area contributed by atoms with Gasteiger partial charge in [0.15, 0.2) is 0 Å². The van der Waals surface area contributed by atoms with Crippen LogP contribution in [0.5, 0.6) is 0 Å². The number of carbonyl (C=O) groups excluding carboxylic acids is 1. The molecule has 2 heterocycles. The average Bonchev–Trinajstić information content (AvgIpc) is 3.01. The van der Waals surface area contributed by atoms with E-state index in [1.165, 1.54) is 4.57 Å². The van der Waals surface area contributed by atoms with Crippen LogP contribution in [0.3, 0.4) is 0 Å². The topological polar surface area (TPSA) is 96.9 Å². The summed E-state index contributed by atoms with van der Waals surface area (Å²) in [7, 11) is 0. The number of carbonyl (C=O) groups is 1. The summed E-state index contributed by atoms with van der Waals surface area (Å²) < 4.78 is 2.32. The molecule has 0 aromatic carbocycles. The largest absolute Gasteiger partial charge is 0.352 e. The summed E-state index contributed by atoms with van der Waals surface area (Å²) in [5.74, 6) is -0.374. The number of aromatic nitrogens is 2. The van der Waals surface area contributed by atoms with Crippen LogP contribution in [0, 0.1) is 11.3 Å². The molecule has 1 amide bonds. The van der Waals surface area contributed by atoms with E-state index in [1.807, 2.05) is 13.0 Å². The Hall–Kier alpha value is -2.36. The molecule has 7 heteroatoms. The molecule has 0 unspecified atom stereocenters. The molecule has 0 saturated carbocycles. The Morgan fingerprint density at radius 3 is 2.79 bits per heavy atom. The number of rotatable bonds is 7. The highest BCUT2D eigenvalue weighted by Crippen LogP contribution is 2.13. The lowest BCUT2D eigenvalue weighted by atomic mass is 10.1. The van der Waals surface area contributed by atoms with Crippen LogP contribution in [0.15, 0.2) is 9.59 Å². The zero-order valence-electron chi connectivity index (χ0n) is 14.3. The van der Waals surface area contributed by atoms with Gasteiger partial charge in [-0.2, -0.15) is 5.26 Å². The van der Waals surface area contributed by atoms with Crippen molar-refractivity contribution < 1.29 is 4.79 Å². The minimum absolute atomic E-state index is 0.00706. The molecule has 0 radical (unpaired) electrons. The second-order valence-corrected chi connectivity index (χ2v) is 6.33. The lowest BCUT2D eigenvalue weighted by molar-refractivity contribution is -0.122. The highest BCUT2D eigenvalue weighted by molar-refractivity contribution is 5.76. The molecule has 1 aromatic rings. The van der Waals surface area contributed by atoms with Gasteiger partial charge in [0.1, 0.15) is 18.2 Å². The Labute approximate surface area is 140 Å². The fourth-order valence-electron chi connectivity index (χ4n) is 3.13. The predicted molar refractivity (Wildman–Crippen MR) is 89.7 cm³/mol. The highest BCUT2D eigenvalue weighted by atomic mass is 16.2. The second kappa shape index (κ2) is 7.95. The van der Waals surface area contributed by atoms with Gasteiger partial charge in [-0.05, 0) is 26.2 Å². The smallest absolute Gasteiger partial charge is 0.331 e. The van der Waals surface area contributed by atoms with E-state index in [4.69, 9.17) is 0 Å². The molecule has 1 aromatic heterocycles. The van der Waals surface area contributed by atoms with Crippen molar-refractivity contribution in [2.45, 2.75) is 71.5 Å². The molecule has 0 bridgehead atoms. The summed E-state index contributed by atoms with van der Waals surface area (Å²) in [6.45, 7) is 4.17. The first kappa shape index (κ1) is 18.0. The first-order valence-electron chi connectivity index (χ1n) is 8.55. The van der Waals surface area contributed by atoms with Crippen molar-refractivity contribution in [1.29, 1.82) is 5.26 Å². The van der Waals surface area contributed by atoms with Crippen molar-refractivity contribution in [3.63, 3.8) is 0 Å². The maximum atomic E-state index is 12.4. The second-order valence-electron chi connectivity index (χ2n) is 6.33. The standard InChI is InChI=1S/C17H24N4O3/c1-3-4-5-7-12(2)19-15(22)11-21-16(23)13(10-18)14-8-6-9-20(14)17(21)24/h12H,3-9,11H2,1-2H3,(H,19,22)/t12-/m0/s1. The molecule has 24 heavy (non-hydrogen) atoms. The molecule has 1 aliphatic heterocycles. The monoisotopic (exact) mass is 332 g/mol. The molecule has 0 aliphatic carbocycles. The zero-order valence-corrected chi connectivity index (χ0v) is 14.3. The van der Waals surface area contributed by atoms with Crippen LogP contribution in [0.2, 0.25) is 0 Å². The summed E-state index contributed by atoms with van der Waals surface area (Å²) in [4.78, 5) is 36.9. The third-order valence-electron chi connectivity index (χ3n) is 4.39. The van der Waals surface area contributed by atoms with Crippen molar-refractivity contribution in [3.8, 4) is 6.07 Å². The van der Waals surface area contributed by atoms with Crippen molar-refractivity contribution >= 4 is 5.91 Å². The molecule has 130 valence electrons. The Morgan fingerprint density at radius 2 is 2.12 bits per heavy atom. The SMILES string of the molecule is CCCCC[C@H](C)NC(=O)Cn1c(=O)c(C#N)c2n(c1=O)CCC2. The van der Waals surface area contributed by atoms with Gasteiger partial charge in [-0.1, -0.05) is 26.2 Å². The molecule has 2 rings (SSSR count). The van der Waals surface area contributed by atoms with Gasteiger partial charge in [0.05, 0.1) is 0 Å². The third kappa shape index (κ3) is 3.75. The van der Waals surface area contributed by atoms with Crippen LogP contribution < -0.4 is 16.6 Å². The molecule has 0 fully saturated rings. The molecular formula is C17H24N4O3. The number of unbranched alkanes of at least 4 members (excludes halogenated alkanes) is 2. The molecule has 1 N–H and O–H groups in total. The number of nitrogens with zero attached hydrogens (tertiary/aromatic N) is 3.